The Balaban J connectivity index is 1.51. The molecule has 0 spiro atoms. The minimum absolute atomic E-state index is 0.0623. The maximum Gasteiger partial charge on any atom is 0.409 e. The van der Waals surface area contributed by atoms with E-state index >= 15 is 0 Å². The lowest BCUT2D eigenvalue weighted by molar-refractivity contribution is -0.227. The van der Waals surface area contributed by atoms with Crippen LogP contribution in [0.1, 0.15) is 58.9 Å². The van der Waals surface area contributed by atoms with Crippen LogP contribution in [-0.4, -0.2) is 89.0 Å². The van der Waals surface area contributed by atoms with Crippen molar-refractivity contribution in [2.45, 2.75) is 89.0 Å². The Kier molecular flexibility index (Phi) is 8.83. The number of esters is 1. The lowest BCUT2D eigenvalue weighted by atomic mass is 9.49. The van der Waals surface area contributed by atoms with E-state index in [4.69, 9.17) is 25.9 Å². The predicted octanol–water partition coefficient (Wildman–Crippen LogP) is 3.68. The number of para-hydroxylation sites is 1. The number of carbonyl (C=O) groups is 3. The Morgan fingerprint density at radius 2 is 1.89 bits per heavy atom. The molecule has 12 nitrogen and oxygen atoms in total. The van der Waals surface area contributed by atoms with Crippen molar-refractivity contribution < 1.29 is 44.0 Å². The summed E-state index contributed by atoms with van der Waals surface area (Å²) in [6.07, 6.45) is 2.52. The Hall–Kier alpha value is -2.90. The molecule has 0 aromatic heterocycles. The van der Waals surface area contributed by atoms with Gasteiger partial charge >= 0.3 is 18.0 Å². The average molecular weight is 676 g/mol. The van der Waals surface area contributed by atoms with Crippen LogP contribution in [0.25, 0.3) is 0 Å². The van der Waals surface area contributed by atoms with Crippen molar-refractivity contribution in [3.63, 3.8) is 0 Å². The monoisotopic (exact) mass is 675 g/mol. The van der Waals surface area contributed by atoms with E-state index in [9.17, 15) is 29.7 Å². The van der Waals surface area contributed by atoms with Gasteiger partial charge in [-0.2, -0.15) is 0 Å². The number of methoxy groups -OCH3 is 1. The molecule has 11 atom stereocenters. The van der Waals surface area contributed by atoms with Crippen LogP contribution in [0.3, 0.4) is 0 Å². The molecular formula is C34H46ClN3O9. The van der Waals surface area contributed by atoms with Crippen molar-refractivity contribution in [2.75, 3.05) is 25.8 Å². The molecule has 2 unspecified atom stereocenters. The van der Waals surface area contributed by atoms with E-state index in [1.807, 2.05) is 19.9 Å². The van der Waals surface area contributed by atoms with Crippen molar-refractivity contribution in [2.24, 2.45) is 35.5 Å². The number of amides is 1. The highest BCUT2D eigenvalue weighted by atomic mass is 35.5. The smallest absolute Gasteiger partial charge is 0.409 e. The molecule has 1 saturated heterocycles. The van der Waals surface area contributed by atoms with E-state index in [2.05, 4.69) is 12.2 Å². The quantitative estimate of drug-likeness (QED) is 0.247. The van der Waals surface area contributed by atoms with Crippen LogP contribution in [0.15, 0.2) is 29.8 Å². The number of benzene rings is 1. The summed E-state index contributed by atoms with van der Waals surface area (Å²) in [6, 6.07) is 3.76. The summed E-state index contributed by atoms with van der Waals surface area (Å²) in [6.45, 7) is 7.54. The molecule has 4 N–H and O–H groups in total. The molecule has 1 aromatic rings. The number of carbonyl (C=O) groups excluding carboxylic acids is 2. The van der Waals surface area contributed by atoms with E-state index in [1.165, 1.54) is 19.1 Å². The first-order valence-electron chi connectivity index (χ1n) is 16.5. The first-order valence-corrected chi connectivity index (χ1v) is 16.9. The van der Waals surface area contributed by atoms with Gasteiger partial charge in [0.1, 0.15) is 17.7 Å². The van der Waals surface area contributed by atoms with Gasteiger partial charge < -0.3 is 29.7 Å². The third-order valence-corrected chi connectivity index (χ3v) is 11.9. The molecular weight excluding hydrogens is 630 g/mol. The first-order chi connectivity index (χ1) is 22.2. The fourth-order valence-electron chi connectivity index (χ4n) is 9.35. The number of halogens is 1. The Bertz CT molecular complexity index is 1470. The topological polar surface area (TPSA) is 158 Å². The predicted molar refractivity (Wildman–Crippen MR) is 171 cm³/mol. The minimum atomic E-state index is -2.00. The number of hydrogen-bond donors (Lipinski definition) is 4. The van der Waals surface area contributed by atoms with Gasteiger partial charge in [-0.25, -0.2) is 4.79 Å². The fourth-order valence-corrected chi connectivity index (χ4v) is 9.64. The molecule has 5 aliphatic rings. The summed E-state index contributed by atoms with van der Waals surface area (Å²) < 4.78 is 11.1. The number of aliphatic carboxylic acids is 1. The second kappa shape index (κ2) is 12.2. The third-order valence-electron chi connectivity index (χ3n) is 11.6. The highest BCUT2D eigenvalue weighted by molar-refractivity contribution is 6.33. The van der Waals surface area contributed by atoms with E-state index in [1.54, 1.807) is 30.1 Å². The largest absolute Gasteiger partial charge is 0.480 e. The van der Waals surface area contributed by atoms with Gasteiger partial charge in [-0.15, -0.1) is 0 Å². The third kappa shape index (κ3) is 5.31. The molecule has 13 heteroatoms. The summed E-state index contributed by atoms with van der Waals surface area (Å²) >= 11 is 6.62. The molecule has 6 rings (SSSR count). The average Bonchev–Trinajstić information content (AvgIpc) is 3.81. The van der Waals surface area contributed by atoms with Crippen molar-refractivity contribution in [1.29, 1.82) is 0 Å². The summed E-state index contributed by atoms with van der Waals surface area (Å²) in [4.78, 5) is 46.3. The molecule has 47 heavy (non-hydrogen) atoms. The van der Waals surface area contributed by atoms with Gasteiger partial charge in [-0.05, 0) is 62.0 Å². The number of nitrogens with one attached hydrogen (secondary N) is 1. The van der Waals surface area contributed by atoms with Crippen molar-refractivity contribution >= 4 is 35.3 Å². The van der Waals surface area contributed by atoms with Crippen LogP contribution in [0.4, 0.5) is 10.5 Å². The van der Waals surface area contributed by atoms with Gasteiger partial charge in [0.15, 0.2) is 6.23 Å². The zero-order chi connectivity index (χ0) is 34.2. The summed E-state index contributed by atoms with van der Waals surface area (Å²) in [5.74, 6) is -5.19. The van der Waals surface area contributed by atoms with E-state index < -0.39 is 59.3 Å². The van der Waals surface area contributed by atoms with Crippen LogP contribution in [0.5, 0.6) is 0 Å². The molecule has 2 heterocycles. The molecule has 1 amide bonds. The maximum atomic E-state index is 13.3. The van der Waals surface area contributed by atoms with E-state index in [0.717, 1.165) is 19.3 Å². The SMILES string of the molecule is COC(=O)N(CC(C)[C@@H]1CC[C@@H](C)[C@]2(O)C([C@H]3[C@@H](C(=O)O)N[C@@H]4ON(C)c5c(Cl)cccc5[C@@]43O)[C@@H](OC(C)=O)C(C)=C[C@H]12)C1CC1. The number of carboxylic acids is 1. The number of ether oxygens (including phenoxy) is 2. The molecule has 2 aliphatic heterocycles. The van der Waals surface area contributed by atoms with Crippen molar-refractivity contribution in [1.82, 2.24) is 10.2 Å². The normalized spacial score (nSPS) is 38.3. The molecule has 0 bridgehead atoms. The number of hydrogen-bond acceptors (Lipinski definition) is 10. The Labute approximate surface area is 279 Å². The van der Waals surface area contributed by atoms with E-state index in [0.29, 0.717) is 34.8 Å². The second-order valence-corrected chi connectivity index (χ2v) is 14.7. The first kappa shape index (κ1) is 34.0. The zero-order valence-corrected chi connectivity index (χ0v) is 28.4. The number of rotatable bonds is 7. The highest BCUT2D eigenvalue weighted by Crippen LogP contribution is 2.61. The van der Waals surface area contributed by atoms with Crippen LogP contribution in [-0.2, 0) is 29.5 Å². The van der Waals surface area contributed by atoms with Crippen LogP contribution >= 0.6 is 11.6 Å². The summed E-state index contributed by atoms with van der Waals surface area (Å²) in [7, 11) is 3.00. The van der Waals surface area contributed by atoms with Gasteiger partial charge in [-0.3, -0.25) is 24.8 Å². The summed E-state index contributed by atoms with van der Waals surface area (Å²) in [5, 5.41) is 41.7. The molecule has 258 valence electrons. The number of nitrogens with zero attached hydrogens (tertiary/aromatic N) is 2. The minimum Gasteiger partial charge on any atom is -0.480 e. The van der Waals surface area contributed by atoms with Gasteiger partial charge in [0.25, 0.3) is 0 Å². The molecule has 2 saturated carbocycles. The number of carboxylic acid groups (broad SMARTS) is 1. The maximum absolute atomic E-state index is 13.3. The van der Waals surface area contributed by atoms with Gasteiger partial charge in [0.05, 0.1) is 23.4 Å². The van der Waals surface area contributed by atoms with Gasteiger partial charge in [0.2, 0.25) is 0 Å². The number of anilines is 1. The fraction of sp³-hybridized carbons (Fsp3) is 0.676. The van der Waals surface area contributed by atoms with Crippen molar-refractivity contribution in [3.05, 3.63) is 40.4 Å². The van der Waals surface area contributed by atoms with Crippen LogP contribution < -0.4 is 10.4 Å². The van der Waals surface area contributed by atoms with Crippen LogP contribution in [0, 0.1) is 35.5 Å². The van der Waals surface area contributed by atoms with Gasteiger partial charge in [0, 0.05) is 49.9 Å². The molecule has 1 aromatic carbocycles. The number of aliphatic hydroxyl groups is 2. The standard InChI is InChI=1S/C34H46ClN3O9/c1-16-14-23-21(17(2)15-38(20-11-12-20)32(42)45-6)13-10-18(3)33(23,43)26(29(16)46-19(4)39)25-27(30(40)41)36-31-34(25,44)22-8-7-9-24(35)28(22)37(5)47-31/h7-9,14,17-18,20-21,23,25-27,29,31,36,43-44H,10-13,15H2,1-6H3,(H,40,41)/t17?,18-,21+,23-,25+,26?,27+,29+,31-,33-,34+/m1/s1. The van der Waals surface area contributed by atoms with E-state index in [-0.39, 0.29) is 29.9 Å². The zero-order valence-electron chi connectivity index (χ0n) is 27.7. The molecule has 3 fully saturated rings. The number of fused-ring (bicyclic) bond motifs is 4. The van der Waals surface area contributed by atoms with Crippen LogP contribution in [0.2, 0.25) is 5.02 Å². The Morgan fingerprint density at radius 1 is 1.19 bits per heavy atom. The summed E-state index contributed by atoms with van der Waals surface area (Å²) in [5.41, 5.74) is -2.23. The van der Waals surface area contributed by atoms with Crippen molar-refractivity contribution in [3.8, 4) is 0 Å². The van der Waals surface area contributed by atoms with Gasteiger partial charge in [-0.1, -0.05) is 43.7 Å². The Morgan fingerprint density at radius 3 is 2.51 bits per heavy atom. The number of hydroxylamine groups is 1. The lowest BCUT2D eigenvalue weighted by Crippen LogP contribution is -2.67. The lowest BCUT2D eigenvalue weighted by Gasteiger charge is -2.60. The molecule has 3 aliphatic carbocycles. The second-order valence-electron chi connectivity index (χ2n) is 14.3. The highest BCUT2D eigenvalue weighted by Gasteiger charge is 2.71. The molecule has 0 radical (unpaired) electrons.